The Labute approximate surface area is 189 Å². The second-order valence-corrected chi connectivity index (χ2v) is 9.01. The lowest BCUT2D eigenvalue weighted by Crippen LogP contribution is -2.44. The van der Waals surface area contributed by atoms with Gasteiger partial charge in [-0.3, -0.25) is 4.79 Å². The molecule has 3 nitrogen and oxygen atoms in total. The van der Waals surface area contributed by atoms with Crippen LogP contribution in [0.1, 0.15) is 30.4 Å². The molecule has 0 aromatic heterocycles. The zero-order valence-electron chi connectivity index (χ0n) is 16.8. The number of piperidine rings is 1. The molecular weight excluding hydrogens is 448 g/mol. The number of carbonyl (C=O) groups is 1. The molecule has 166 valence electrons. The highest BCUT2D eigenvalue weighted by Gasteiger charge is 2.36. The Kier molecular flexibility index (Phi) is 6.52. The second-order valence-electron chi connectivity index (χ2n) is 8.20. The molecule has 0 saturated carbocycles. The number of likely N-dealkylation sites (tertiary alicyclic amines) is 1. The first-order valence-corrected chi connectivity index (χ1v) is 11.2. The van der Waals surface area contributed by atoms with E-state index in [9.17, 15) is 18.0 Å². The van der Waals surface area contributed by atoms with Gasteiger partial charge in [-0.25, -0.2) is 0 Å². The average molecular weight is 471 g/mol. The Bertz CT molecular complexity index is 933. The zero-order valence-corrected chi connectivity index (χ0v) is 18.3. The number of halogens is 5. The number of rotatable bonds is 4. The van der Waals surface area contributed by atoms with Gasteiger partial charge in [0.1, 0.15) is 0 Å². The van der Waals surface area contributed by atoms with Gasteiger partial charge in [-0.1, -0.05) is 35.3 Å². The third-order valence-corrected chi connectivity index (χ3v) is 6.91. The Morgan fingerprint density at radius 3 is 2.16 bits per heavy atom. The van der Waals surface area contributed by atoms with Crippen molar-refractivity contribution in [3.05, 3.63) is 57.6 Å². The van der Waals surface area contributed by atoms with Crippen LogP contribution in [0.4, 0.5) is 13.2 Å². The molecule has 2 heterocycles. The molecule has 0 spiro atoms. The summed E-state index contributed by atoms with van der Waals surface area (Å²) < 4.78 is 38.4. The highest BCUT2D eigenvalue weighted by atomic mass is 35.5. The van der Waals surface area contributed by atoms with E-state index in [4.69, 9.17) is 23.2 Å². The maximum Gasteiger partial charge on any atom is 0.416 e. The van der Waals surface area contributed by atoms with Crippen molar-refractivity contribution < 1.29 is 18.0 Å². The van der Waals surface area contributed by atoms with Gasteiger partial charge in [-0.05, 0) is 79.7 Å². The molecule has 4 rings (SSSR count). The predicted octanol–water partition coefficient (Wildman–Crippen LogP) is 5.82. The molecule has 2 aliphatic heterocycles. The van der Waals surface area contributed by atoms with Gasteiger partial charge in [0.05, 0.1) is 5.56 Å². The van der Waals surface area contributed by atoms with E-state index in [-0.39, 0.29) is 11.8 Å². The number of amides is 1. The van der Waals surface area contributed by atoms with E-state index < -0.39 is 11.7 Å². The Hall–Kier alpha value is -1.76. The average Bonchev–Trinajstić information content (AvgIpc) is 3.11. The lowest BCUT2D eigenvalue weighted by molar-refractivity contribution is -0.137. The SMILES string of the molecule is O=C1[C@H](Cc2c(Cl)cc(-c3ccc(C(F)(F)F)cc3)cc2Cl)CCN1C1CCNCC1. The van der Waals surface area contributed by atoms with Crippen LogP contribution in [0, 0.1) is 5.92 Å². The molecule has 2 aromatic carbocycles. The van der Waals surface area contributed by atoms with Crippen LogP contribution in [0.25, 0.3) is 11.1 Å². The normalized spacial score (nSPS) is 20.5. The van der Waals surface area contributed by atoms with Gasteiger partial charge < -0.3 is 10.2 Å². The number of alkyl halides is 3. The molecule has 31 heavy (non-hydrogen) atoms. The molecule has 2 aromatic rings. The van der Waals surface area contributed by atoms with Crippen molar-refractivity contribution in [2.24, 2.45) is 5.92 Å². The summed E-state index contributed by atoms with van der Waals surface area (Å²) in [5, 5.41) is 4.17. The minimum absolute atomic E-state index is 0.151. The van der Waals surface area contributed by atoms with Crippen molar-refractivity contribution in [3.8, 4) is 11.1 Å². The van der Waals surface area contributed by atoms with Crippen LogP contribution < -0.4 is 5.32 Å². The fraction of sp³-hybridized carbons (Fsp3) is 0.435. The molecule has 0 bridgehead atoms. The van der Waals surface area contributed by atoms with Gasteiger partial charge in [-0.15, -0.1) is 0 Å². The van der Waals surface area contributed by atoms with Crippen molar-refractivity contribution in [1.82, 2.24) is 10.2 Å². The van der Waals surface area contributed by atoms with Gasteiger partial charge in [0.25, 0.3) is 0 Å². The van der Waals surface area contributed by atoms with Crippen LogP contribution in [-0.4, -0.2) is 36.5 Å². The summed E-state index contributed by atoms with van der Waals surface area (Å²) in [5.74, 6) is 0.00709. The minimum Gasteiger partial charge on any atom is -0.339 e. The van der Waals surface area contributed by atoms with Crippen LogP contribution in [0.15, 0.2) is 36.4 Å². The van der Waals surface area contributed by atoms with Gasteiger partial charge in [0, 0.05) is 28.5 Å². The smallest absolute Gasteiger partial charge is 0.339 e. The van der Waals surface area contributed by atoms with E-state index in [1.807, 2.05) is 4.90 Å². The van der Waals surface area contributed by atoms with Crippen LogP contribution >= 0.6 is 23.2 Å². The predicted molar refractivity (Wildman–Crippen MR) is 116 cm³/mol. The molecule has 8 heteroatoms. The molecule has 2 aliphatic rings. The van der Waals surface area contributed by atoms with Gasteiger partial charge in [-0.2, -0.15) is 13.2 Å². The molecule has 0 aliphatic carbocycles. The summed E-state index contributed by atoms with van der Waals surface area (Å²) in [4.78, 5) is 15.0. The molecule has 2 saturated heterocycles. The van der Waals surface area contributed by atoms with E-state index in [0.29, 0.717) is 39.2 Å². The van der Waals surface area contributed by atoms with E-state index in [1.54, 1.807) is 12.1 Å². The van der Waals surface area contributed by atoms with Gasteiger partial charge in [0.2, 0.25) is 5.91 Å². The van der Waals surface area contributed by atoms with Crippen molar-refractivity contribution in [3.63, 3.8) is 0 Å². The van der Waals surface area contributed by atoms with E-state index in [1.165, 1.54) is 12.1 Å². The van der Waals surface area contributed by atoms with E-state index in [2.05, 4.69) is 5.32 Å². The fourth-order valence-electron chi connectivity index (χ4n) is 4.50. The third-order valence-electron chi connectivity index (χ3n) is 6.24. The maximum atomic E-state index is 13.0. The summed E-state index contributed by atoms with van der Waals surface area (Å²) in [7, 11) is 0. The van der Waals surface area contributed by atoms with E-state index in [0.717, 1.165) is 51.0 Å². The third kappa shape index (κ3) is 4.86. The summed E-state index contributed by atoms with van der Waals surface area (Å²) in [5.41, 5.74) is 1.24. The van der Waals surface area contributed by atoms with Crippen molar-refractivity contribution in [2.45, 2.75) is 37.9 Å². The minimum atomic E-state index is -4.38. The summed E-state index contributed by atoms with van der Waals surface area (Å²) in [6.07, 6.45) is -1.20. The molecule has 0 unspecified atom stereocenters. The lowest BCUT2D eigenvalue weighted by atomic mass is 9.95. The van der Waals surface area contributed by atoms with Gasteiger partial charge in [0.15, 0.2) is 0 Å². The van der Waals surface area contributed by atoms with Crippen LogP contribution in [0.3, 0.4) is 0 Å². The highest BCUT2D eigenvalue weighted by Crippen LogP contribution is 2.37. The number of nitrogens with zero attached hydrogens (tertiary/aromatic N) is 1. The number of benzene rings is 2. The summed E-state index contributed by atoms with van der Waals surface area (Å²) in [6, 6.07) is 8.59. The summed E-state index contributed by atoms with van der Waals surface area (Å²) >= 11 is 13.0. The molecular formula is C23H23Cl2F3N2O. The Balaban J connectivity index is 1.50. The van der Waals surface area contributed by atoms with Gasteiger partial charge >= 0.3 is 6.18 Å². The molecule has 1 N–H and O–H groups in total. The quantitative estimate of drug-likeness (QED) is 0.610. The van der Waals surface area contributed by atoms with Crippen molar-refractivity contribution >= 4 is 29.1 Å². The number of hydrogen-bond donors (Lipinski definition) is 1. The molecule has 1 amide bonds. The number of nitrogens with one attached hydrogen (secondary N) is 1. The first-order chi connectivity index (χ1) is 14.7. The van der Waals surface area contributed by atoms with E-state index >= 15 is 0 Å². The molecule has 2 fully saturated rings. The van der Waals surface area contributed by atoms with Crippen molar-refractivity contribution in [2.75, 3.05) is 19.6 Å². The molecule has 0 radical (unpaired) electrons. The topological polar surface area (TPSA) is 32.3 Å². The number of carbonyl (C=O) groups excluding carboxylic acids is 1. The van der Waals surface area contributed by atoms with Crippen LogP contribution in [0.5, 0.6) is 0 Å². The highest BCUT2D eigenvalue weighted by molar-refractivity contribution is 6.36. The fourth-order valence-corrected chi connectivity index (χ4v) is 5.14. The Morgan fingerprint density at radius 2 is 1.58 bits per heavy atom. The Morgan fingerprint density at radius 1 is 0.968 bits per heavy atom. The lowest BCUT2D eigenvalue weighted by Gasteiger charge is -2.31. The zero-order chi connectivity index (χ0) is 22.2. The standard InChI is InChI=1S/C23H23Cl2F3N2O/c24-20-12-16(14-1-3-17(4-2-14)23(26,27)28)13-21(25)19(20)11-15-7-10-30(22(15)31)18-5-8-29-9-6-18/h1-4,12-13,15,18,29H,5-11H2/t15-/m0/s1. The van der Waals surface area contributed by atoms with Crippen molar-refractivity contribution in [1.29, 1.82) is 0 Å². The monoisotopic (exact) mass is 470 g/mol. The maximum absolute atomic E-state index is 13.0. The first kappa shape index (κ1) is 22.4. The van der Waals surface area contributed by atoms with Crippen LogP contribution in [-0.2, 0) is 17.4 Å². The number of hydrogen-bond acceptors (Lipinski definition) is 2. The first-order valence-electron chi connectivity index (χ1n) is 10.4. The molecule has 1 atom stereocenters. The largest absolute Gasteiger partial charge is 0.416 e. The second kappa shape index (κ2) is 9.00. The summed E-state index contributed by atoms with van der Waals surface area (Å²) in [6.45, 7) is 2.62. The van der Waals surface area contributed by atoms with Crippen LogP contribution in [0.2, 0.25) is 10.0 Å².